The van der Waals surface area contributed by atoms with Crippen LogP contribution in [0.1, 0.15) is 47.0 Å². The fraction of sp³-hybridized carbons (Fsp3) is 0.543. The van der Waals surface area contributed by atoms with Gasteiger partial charge in [-0.1, -0.05) is 43.7 Å². The smallest absolute Gasteiger partial charge is 0.407 e. The lowest BCUT2D eigenvalue weighted by Crippen LogP contribution is -2.41. The van der Waals surface area contributed by atoms with E-state index in [1.165, 1.54) is 37.6 Å². The van der Waals surface area contributed by atoms with Crippen molar-refractivity contribution in [2.24, 2.45) is 5.92 Å². The summed E-state index contributed by atoms with van der Waals surface area (Å²) in [4.78, 5) is 26.8. The van der Waals surface area contributed by atoms with Crippen molar-refractivity contribution in [1.82, 2.24) is 14.5 Å². The van der Waals surface area contributed by atoms with Gasteiger partial charge >= 0.3 is 19.7 Å². The van der Waals surface area contributed by atoms with E-state index in [-0.39, 0.29) is 36.2 Å². The van der Waals surface area contributed by atoms with Crippen molar-refractivity contribution >= 4 is 29.7 Å². The molecule has 13 nitrogen and oxygen atoms in total. The monoisotopic (exact) mass is 737 g/mol. The van der Waals surface area contributed by atoms with Crippen molar-refractivity contribution in [3.63, 3.8) is 0 Å². The molecule has 50 heavy (non-hydrogen) atoms. The number of methoxy groups -OCH3 is 2. The Morgan fingerprint density at radius 2 is 1.72 bits per heavy atom. The first kappa shape index (κ1) is 41.0. The molecule has 0 saturated heterocycles. The Hall–Kier alpha value is -3.42. The molecule has 0 spiro atoms. The highest BCUT2D eigenvalue weighted by molar-refractivity contribution is 7.89. The molecule has 0 saturated carbocycles. The molecule has 1 N–H and O–H groups in total. The standard InChI is InChI=1S/C35H52N3O10PS/c1-7-46-34(39)28(4)47-49(41,48-32-11-9-8-10-12-32)24-23-37-20-17-29(18-21-37)25-30(36-35(40)45-6)19-22-38(26-27(2)3)50(42,43)33-15-13-31(44-5)14-16-33/h8-17,27-28,30H,7,18-26H2,1-6H3,(H,36,40)/t28-,30+,49?/m0/s1. The SMILES string of the molecule is CCOC(=O)[C@H](C)OP(=O)(CCN1CC=C(C[C@@H](CCN(CC(C)C)S(=O)(=O)c2ccc(OC)cc2)NC(=O)OC)CC1)Oc1ccccc1. The molecule has 15 heteroatoms. The maximum Gasteiger partial charge on any atom is 0.407 e. The Bertz CT molecular complexity index is 1550. The fourth-order valence-corrected chi connectivity index (χ4v) is 8.79. The minimum atomic E-state index is -3.80. The quantitative estimate of drug-likeness (QED) is 0.101. The van der Waals surface area contributed by atoms with Crippen LogP contribution in [0.3, 0.4) is 0 Å². The van der Waals surface area contributed by atoms with Gasteiger partial charge in [-0.25, -0.2) is 22.6 Å². The number of benzene rings is 2. The maximum atomic E-state index is 13.9. The Labute approximate surface area is 296 Å². The second kappa shape index (κ2) is 19.8. The molecule has 0 bridgehead atoms. The second-order valence-electron chi connectivity index (χ2n) is 12.4. The van der Waals surface area contributed by atoms with E-state index in [9.17, 15) is 22.6 Å². The minimum Gasteiger partial charge on any atom is -0.497 e. The van der Waals surface area contributed by atoms with Crippen molar-refractivity contribution in [1.29, 1.82) is 0 Å². The van der Waals surface area contributed by atoms with Crippen LogP contribution in [0.2, 0.25) is 0 Å². The molecule has 1 aliphatic rings. The van der Waals surface area contributed by atoms with Gasteiger partial charge in [-0.15, -0.1) is 0 Å². The number of nitrogens with one attached hydrogen (secondary N) is 1. The van der Waals surface area contributed by atoms with E-state index in [1.807, 2.05) is 19.9 Å². The lowest BCUT2D eigenvalue weighted by molar-refractivity contribution is -0.150. The average molecular weight is 738 g/mol. The largest absolute Gasteiger partial charge is 0.497 e. The highest BCUT2D eigenvalue weighted by Crippen LogP contribution is 2.49. The number of nitrogens with zero attached hydrogens (tertiary/aromatic N) is 2. The molecule has 3 atom stereocenters. The number of alkyl carbamates (subject to hydrolysis) is 1. The van der Waals surface area contributed by atoms with Crippen molar-refractivity contribution in [2.45, 2.75) is 64.0 Å². The van der Waals surface area contributed by atoms with E-state index in [0.29, 0.717) is 56.9 Å². The van der Waals surface area contributed by atoms with Gasteiger partial charge in [0.05, 0.1) is 31.9 Å². The first-order chi connectivity index (χ1) is 23.8. The summed E-state index contributed by atoms with van der Waals surface area (Å²) in [7, 11) is -4.74. The Balaban J connectivity index is 1.67. The lowest BCUT2D eigenvalue weighted by atomic mass is 9.98. The van der Waals surface area contributed by atoms with Gasteiger partial charge in [0.15, 0.2) is 6.10 Å². The van der Waals surface area contributed by atoms with Crippen molar-refractivity contribution in [3.8, 4) is 11.5 Å². The summed E-state index contributed by atoms with van der Waals surface area (Å²) in [6.07, 6.45) is 2.02. The van der Waals surface area contributed by atoms with Gasteiger partial charge in [-0.2, -0.15) is 4.31 Å². The summed E-state index contributed by atoms with van der Waals surface area (Å²) in [5.41, 5.74) is 1.10. The number of sulfonamides is 1. The van der Waals surface area contributed by atoms with E-state index in [0.717, 1.165) is 5.57 Å². The van der Waals surface area contributed by atoms with E-state index < -0.39 is 35.8 Å². The molecule has 0 aromatic heterocycles. The third-order valence-electron chi connectivity index (χ3n) is 8.01. The second-order valence-corrected chi connectivity index (χ2v) is 16.4. The first-order valence-electron chi connectivity index (χ1n) is 16.9. The Kier molecular flexibility index (Phi) is 16.3. The van der Waals surface area contributed by atoms with Crippen LogP contribution in [0, 0.1) is 5.92 Å². The molecule has 0 aliphatic carbocycles. The van der Waals surface area contributed by atoms with Crippen LogP contribution in [-0.2, 0) is 33.4 Å². The Morgan fingerprint density at radius 1 is 1.02 bits per heavy atom. The number of hydrogen-bond acceptors (Lipinski definition) is 11. The molecule has 2 aromatic carbocycles. The number of para-hydroxylation sites is 1. The molecule has 1 amide bonds. The highest BCUT2D eigenvalue weighted by Gasteiger charge is 2.33. The molecule has 1 heterocycles. The molecule has 0 fully saturated rings. The molecule has 0 radical (unpaired) electrons. The van der Waals surface area contributed by atoms with Gasteiger partial charge in [0, 0.05) is 38.8 Å². The van der Waals surface area contributed by atoms with Gasteiger partial charge in [-0.3, -0.25) is 9.42 Å². The van der Waals surface area contributed by atoms with Gasteiger partial charge < -0.3 is 24.1 Å². The predicted octanol–water partition coefficient (Wildman–Crippen LogP) is 5.72. The van der Waals surface area contributed by atoms with Gasteiger partial charge in [0.25, 0.3) is 0 Å². The normalized spacial score (nSPS) is 16.2. The summed E-state index contributed by atoms with van der Waals surface area (Å²) in [5.74, 6) is 0.401. The van der Waals surface area contributed by atoms with Crippen LogP contribution in [0.5, 0.6) is 11.5 Å². The van der Waals surface area contributed by atoms with Crippen molar-refractivity contribution < 1.29 is 45.8 Å². The van der Waals surface area contributed by atoms with Crippen molar-refractivity contribution in [2.75, 3.05) is 59.7 Å². The summed E-state index contributed by atoms with van der Waals surface area (Å²) >= 11 is 0. The summed E-state index contributed by atoms with van der Waals surface area (Å²) in [5, 5.41) is 2.88. The summed E-state index contributed by atoms with van der Waals surface area (Å²) < 4.78 is 69.2. The lowest BCUT2D eigenvalue weighted by Gasteiger charge is -2.30. The molecule has 2 aromatic rings. The van der Waals surface area contributed by atoms with Gasteiger partial charge in [-0.05, 0) is 75.4 Å². The number of ether oxygens (including phenoxy) is 3. The predicted molar refractivity (Wildman–Crippen MR) is 191 cm³/mol. The third kappa shape index (κ3) is 13.0. The zero-order valence-corrected chi connectivity index (χ0v) is 31.6. The number of hydrogen-bond donors (Lipinski definition) is 1. The van der Waals surface area contributed by atoms with Gasteiger partial charge in [0.2, 0.25) is 10.0 Å². The van der Waals surface area contributed by atoms with E-state index in [4.69, 9.17) is 23.3 Å². The fourth-order valence-electron chi connectivity index (χ4n) is 5.39. The van der Waals surface area contributed by atoms with E-state index in [2.05, 4.69) is 16.3 Å². The third-order valence-corrected chi connectivity index (χ3v) is 11.8. The summed E-state index contributed by atoms with van der Waals surface area (Å²) in [6, 6.07) is 14.6. The molecular formula is C35H52N3O10PS. The van der Waals surface area contributed by atoms with Gasteiger partial charge in [0.1, 0.15) is 11.5 Å². The topological polar surface area (TPSA) is 150 Å². The number of rotatable bonds is 20. The van der Waals surface area contributed by atoms with Crippen molar-refractivity contribution in [3.05, 3.63) is 66.2 Å². The number of carbonyl (C=O) groups is 2. The first-order valence-corrected chi connectivity index (χ1v) is 20.0. The number of amides is 1. The van der Waals surface area contributed by atoms with Crippen LogP contribution in [-0.4, -0.2) is 102 Å². The van der Waals surface area contributed by atoms with E-state index in [1.54, 1.807) is 43.3 Å². The molecule has 1 unspecified atom stereocenters. The summed E-state index contributed by atoms with van der Waals surface area (Å²) in [6.45, 7) is 9.38. The zero-order chi connectivity index (χ0) is 36.7. The zero-order valence-electron chi connectivity index (χ0n) is 29.9. The molecule has 278 valence electrons. The van der Waals surface area contributed by atoms with Crippen LogP contribution >= 0.6 is 7.60 Å². The minimum absolute atomic E-state index is 0.0513. The van der Waals surface area contributed by atoms with Crippen LogP contribution < -0.4 is 14.6 Å². The number of carbonyl (C=O) groups excluding carboxylic acids is 2. The highest BCUT2D eigenvalue weighted by atomic mass is 32.2. The molecule has 1 aliphatic heterocycles. The Morgan fingerprint density at radius 3 is 2.30 bits per heavy atom. The van der Waals surface area contributed by atoms with Crippen LogP contribution in [0.4, 0.5) is 4.79 Å². The average Bonchev–Trinajstić information content (AvgIpc) is 3.09. The van der Waals surface area contributed by atoms with Crippen LogP contribution in [0.25, 0.3) is 0 Å². The molecular weight excluding hydrogens is 685 g/mol. The number of esters is 1. The van der Waals surface area contributed by atoms with Crippen LogP contribution in [0.15, 0.2) is 71.1 Å². The maximum absolute atomic E-state index is 13.9. The van der Waals surface area contributed by atoms with E-state index >= 15 is 0 Å². The molecule has 3 rings (SSSR count).